The minimum absolute atomic E-state index is 0.128. The van der Waals surface area contributed by atoms with Gasteiger partial charge >= 0.3 is 5.97 Å². The summed E-state index contributed by atoms with van der Waals surface area (Å²) in [6, 6.07) is 0. The summed E-state index contributed by atoms with van der Waals surface area (Å²) >= 11 is 0. The molecule has 0 aromatic rings. The van der Waals surface area contributed by atoms with Crippen LogP contribution < -0.4 is 0 Å². The molecule has 0 aromatic carbocycles. The maximum absolute atomic E-state index is 11.3. The number of ether oxygens (including phenoxy) is 1. The van der Waals surface area contributed by atoms with E-state index in [0.717, 1.165) is 26.4 Å². The maximum Gasteiger partial charge on any atom is 0.326 e. The quantitative estimate of drug-likeness (QED) is 0.267. The Balaban J connectivity index is 3.56. The highest BCUT2D eigenvalue weighted by atomic mass is 32.2. The van der Waals surface area contributed by atoms with Crippen LogP contribution in [0.3, 0.4) is 0 Å². The Kier molecular flexibility index (Phi) is 13.4. The number of unbranched alkanes of at least 4 members (excludes halogenated alkanes) is 11. The first-order chi connectivity index (χ1) is 10.9. The van der Waals surface area contributed by atoms with Crippen LogP contribution in [0.5, 0.6) is 0 Å². The van der Waals surface area contributed by atoms with E-state index in [4.69, 9.17) is 4.55 Å². The Morgan fingerprint density at radius 3 is 1.61 bits per heavy atom. The molecule has 0 spiro atoms. The van der Waals surface area contributed by atoms with Crippen LogP contribution in [0.25, 0.3) is 0 Å². The van der Waals surface area contributed by atoms with Gasteiger partial charge in [-0.05, 0) is 6.42 Å². The third-order valence-corrected chi connectivity index (χ3v) is 5.29. The number of methoxy groups -OCH3 is 1. The fourth-order valence-corrected chi connectivity index (χ4v) is 3.49. The summed E-state index contributed by atoms with van der Waals surface area (Å²) in [4.78, 5) is 11.3. The second-order valence-electron chi connectivity index (χ2n) is 6.20. The Morgan fingerprint density at radius 2 is 1.26 bits per heavy atom. The van der Waals surface area contributed by atoms with Gasteiger partial charge in [0.2, 0.25) is 0 Å². The van der Waals surface area contributed by atoms with Gasteiger partial charge < -0.3 is 4.74 Å². The molecule has 0 fully saturated rings. The summed E-state index contributed by atoms with van der Waals surface area (Å²) in [5.41, 5.74) is 0. The lowest BCUT2D eigenvalue weighted by Gasteiger charge is -2.11. The third-order valence-electron chi connectivity index (χ3n) is 4.14. The predicted octanol–water partition coefficient (Wildman–Crippen LogP) is 4.51. The number of rotatable bonds is 15. The zero-order valence-electron chi connectivity index (χ0n) is 14.8. The third kappa shape index (κ3) is 12.5. The zero-order chi connectivity index (χ0) is 17.6. The van der Waals surface area contributed by atoms with Gasteiger partial charge in [-0.15, -0.1) is 0 Å². The molecule has 0 saturated heterocycles. The lowest BCUT2D eigenvalue weighted by molar-refractivity contribution is -0.140. The molecule has 1 unspecified atom stereocenters. The molecule has 0 aliphatic carbocycles. The second kappa shape index (κ2) is 13.8. The van der Waals surface area contributed by atoms with Crippen molar-refractivity contribution >= 4 is 16.1 Å². The largest absolute Gasteiger partial charge is 0.468 e. The van der Waals surface area contributed by atoms with Gasteiger partial charge in [0.05, 0.1) is 7.11 Å². The highest BCUT2D eigenvalue weighted by molar-refractivity contribution is 7.87. The molecular formula is C17H34O5S. The van der Waals surface area contributed by atoms with Crippen molar-refractivity contribution in [2.45, 2.75) is 95.6 Å². The van der Waals surface area contributed by atoms with E-state index in [2.05, 4.69) is 11.7 Å². The molecule has 1 atom stereocenters. The van der Waals surface area contributed by atoms with E-state index in [-0.39, 0.29) is 6.42 Å². The monoisotopic (exact) mass is 350 g/mol. The first-order valence-corrected chi connectivity index (χ1v) is 10.5. The number of hydrogen-bond donors (Lipinski definition) is 1. The lowest BCUT2D eigenvalue weighted by Crippen LogP contribution is -2.30. The van der Waals surface area contributed by atoms with Crippen molar-refractivity contribution in [2.24, 2.45) is 0 Å². The van der Waals surface area contributed by atoms with Crippen LogP contribution in [-0.4, -0.2) is 31.3 Å². The number of carbonyl (C=O) groups is 1. The van der Waals surface area contributed by atoms with Gasteiger partial charge in [-0.3, -0.25) is 9.35 Å². The number of hydrogen-bond acceptors (Lipinski definition) is 4. The fourth-order valence-electron chi connectivity index (χ4n) is 2.69. The first-order valence-electron chi connectivity index (χ1n) is 8.97. The van der Waals surface area contributed by atoms with Crippen molar-refractivity contribution < 1.29 is 22.5 Å². The molecule has 0 rings (SSSR count). The normalized spacial score (nSPS) is 13.0. The van der Waals surface area contributed by atoms with Crippen molar-refractivity contribution in [3.8, 4) is 0 Å². The molecule has 5 nitrogen and oxygen atoms in total. The molecule has 0 heterocycles. The van der Waals surface area contributed by atoms with Gasteiger partial charge in [-0.2, -0.15) is 8.42 Å². The van der Waals surface area contributed by atoms with Crippen LogP contribution in [0.15, 0.2) is 0 Å². The highest BCUT2D eigenvalue weighted by Crippen LogP contribution is 2.15. The summed E-state index contributed by atoms with van der Waals surface area (Å²) in [5.74, 6) is -0.879. The molecule has 0 aliphatic rings. The van der Waals surface area contributed by atoms with Gasteiger partial charge in [0.1, 0.15) is 0 Å². The van der Waals surface area contributed by atoms with E-state index >= 15 is 0 Å². The van der Waals surface area contributed by atoms with Gasteiger partial charge in [0, 0.05) is 0 Å². The van der Waals surface area contributed by atoms with E-state index < -0.39 is 21.3 Å². The minimum atomic E-state index is -4.37. The van der Waals surface area contributed by atoms with E-state index in [9.17, 15) is 13.2 Å². The van der Waals surface area contributed by atoms with Gasteiger partial charge in [0.15, 0.2) is 5.25 Å². The average molecular weight is 351 g/mol. The summed E-state index contributed by atoms with van der Waals surface area (Å²) in [6.07, 6.45) is 14.2. The van der Waals surface area contributed by atoms with Crippen molar-refractivity contribution in [1.82, 2.24) is 0 Å². The topological polar surface area (TPSA) is 80.7 Å². The fraction of sp³-hybridized carbons (Fsp3) is 0.941. The summed E-state index contributed by atoms with van der Waals surface area (Å²) in [6.45, 7) is 2.23. The second-order valence-corrected chi connectivity index (χ2v) is 7.80. The van der Waals surface area contributed by atoms with Crippen LogP contribution >= 0.6 is 0 Å². The molecule has 0 amide bonds. The van der Waals surface area contributed by atoms with E-state index in [1.807, 2.05) is 0 Å². The number of esters is 1. The summed E-state index contributed by atoms with van der Waals surface area (Å²) < 4.78 is 35.7. The molecule has 1 N–H and O–H groups in total. The molecule has 0 radical (unpaired) electrons. The average Bonchev–Trinajstić information content (AvgIpc) is 2.50. The SMILES string of the molecule is CCCCCCCCCCCCCCC(C(=O)OC)S(=O)(=O)O. The van der Waals surface area contributed by atoms with E-state index in [1.165, 1.54) is 51.4 Å². The van der Waals surface area contributed by atoms with Crippen LogP contribution in [0, 0.1) is 0 Å². The number of carbonyl (C=O) groups excluding carboxylic acids is 1. The molecule has 138 valence electrons. The highest BCUT2D eigenvalue weighted by Gasteiger charge is 2.31. The van der Waals surface area contributed by atoms with Gasteiger partial charge in [-0.25, -0.2) is 0 Å². The summed E-state index contributed by atoms with van der Waals surface area (Å²) in [7, 11) is -3.24. The van der Waals surface area contributed by atoms with Crippen molar-refractivity contribution in [3.05, 3.63) is 0 Å². The maximum atomic E-state index is 11.3. The van der Waals surface area contributed by atoms with Crippen molar-refractivity contribution in [3.63, 3.8) is 0 Å². The van der Waals surface area contributed by atoms with Crippen LogP contribution in [-0.2, 0) is 19.6 Å². The molecule has 0 aliphatic heterocycles. The zero-order valence-corrected chi connectivity index (χ0v) is 15.6. The Hall–Kier alpha value is -0.620. The van der Waals surface area contributed by atoms with Crippen molar-refractivity contribution in [1.29, 1.82) is 0 Å². The van der Waals surface area contributed by atoms with E-state index in [0.29, 0.717) is 6.42 Å². The van der Waals surface area contributed by atoms with Gasteiger partial charge in [-0.1, -0.05) is 84.0 Å². The Bertz CT molecular complexity index is 392. The molecule has 0 bridgehead atoms. The molecule has 0 aromatic heterocycles. The lowest BCUT2D eigenvalue weighted by atomic mass is 10.0. The molecule has 6 heteroatoms. The standard InChI is InChI=1S/C17H34O5S/c1-3-4-5-6-7-8-9-10-11-12-13-14-15-16(17(18)22-2)23(19,20)21/h16H,3-15H2,1-2H3,(H,19,20,21). The first kappa shape index (κ1) is 22.4. The van der Waals surface area contributed by atoms with Crippen LogP contribution in [0.4, 0.5) is 0 Å². The van der Waals surface area contributed by atoms with Gasteiger partial charge in [0.25, 0.3) is 10.1 Å². The molecule has 0 saturated carbocycles. The molecular weight excluding hydrogens is 316 g/mol. The summed E-state index contributed by atoms with van der Waals surface area (Å²) in [5, 5.41) is -1.43. The molecule has 23 heavy (non-hydrogen) atoms. The predicted molar refractivity (Wildman–Crippen MR) is 93.0 cm³/mol. The van der Waals surface area contributed by atoms with Crippen LogP contribution in [0.1, 0.15) is 90.4 Å². The smallest absolute Gasteiger partial charge is 0.326 e. The van der Waals surface area contributed by atoms with Crippen LogP contribution in [0.2, 0.25) is 0 Å². The Labute approximate surface area is 141 Å². The van der Waals surface area contributed by atoms with Crippen molar-refractivity contribution in [2.75, 3.05) is 7.11 Å². The minimum Gasteiger partial charge on any atom is -0.468 e. The van der Waals surface area contributed by atoms with E-state index in [1.54, 1.807) is 0 Å². The Morgan fingerprint density at radius 1 is 0.870 bits per heavy atom.